The minimum absolute atomic E-state index is 0.261. The highest BCUT2D eigenvalue weighted by molar-refractivity contribution is 6.06. The van der Waals surface area contributed by atoms with Gasteiger partial charge in [0, 0.05) is 5.56 Å². The van der Waals surface area contributed by atoms with Crippen molar-refractivity contribution in [2.75, 3.05) is 0 Å². The maximum atomic E-state index is 13.4. The summed E-state index contributed by atoms with van der Waals surface area (Å²) < 4.78 is 0. The summed E-state index contributed by atoms with van der Waals surface area (Å²) in [4.78, 5) is 60.8. The van der Waals surface area contributed by atoms with Gasteiger partial charge in [0.25, 0.3) is 5.91 Å². The third kappa shape index (κ3) is 8.66. The second-order valence-electron chi connectivity index (χ2n) is 9.16. The van der Waals surface area contributed by atoms with E-state index in [4.69, 9.17) is 5.11 Å². The van der Waals surface area contributed by atoms with Crippen molar-refractivity contribution in [1.29, 1.82) is 0 Å². The van der Waals surface area contributed by atoms with Crippen molar-refractivity contribution in [3.63, 3.8) is 0 Å². The van der Waals surface area contributed by atoms with Gasteiger partial charge in [-0.05, 0) is 34.8 Å². The van der Waals surface area contributed by atoms with Crippen LogP contribution in [0.5, 0.6) is 0 Å². The van der Waals surface area contributed by atoms with Crippen LogP contribution in [0.4, 0.5) is 0 Å². The number of hydrogen-bond donors (Lipinski definition) is 3. The maximum absolute atomic E-state index is 13.4. The molecule has 3 N–H and O–H groups in total. The molecule has 2 aromatic carbocycles. The summed E-state index contributed by atoms with van der Waals surface area (Å²) in [6.07, 6.45) is 0.875. The van der Waals surface area contributed by atoms with E-state index in [1.807, 2.05) is 20.8 Å². The Kier molecular flexibility index (Phi) is 9.64. The molecule has 0 saturated carbocycles. The van der Waals surface area contributed by atoms with E-state index in [1.54, 1.807) is 60.7 Å². The van der Waals surface area contributed by atoms with Crippen molar-refractivity contribution in [3.05, 3.63) is 77.9 Å². The normalized spacial score (nSPS) is 13.3. The number of ketones is 1. The lowest BCUT2D eigenvalue weighted by Gasteiger charge is -2.29. The Morgan fingerprint density at radius 3 is 1.91 bits per heavy atom. The standard InChI is InChI=1S/C27H30N2O6/c1-27(2,3)25(29-26(35)19-12-8-5-9-13-19)22(31)14-20(18-10-6-4-7-11-18)15-23(32)28-21(17-30)16-24(33)34/h4-14,17,21,25H,15-16H2,1-3H3,(H,28,32)(H,29,35)(H,33,34). The van der Waals surface area contributed by atoms with E-state index in [9.17, 15) is 24.0 Å². The first-order chi connectivity index (χ1) is 16.5. The summed E-state index contributed by atoms with van der Waals surface area (Å²) >= 11 is 0. The summed E-state index contributed by atoms with van der Waals surface area (Å²) in [7, 11) is 0. The number of rotatable bonds is 11. The Balaban J connectivity index is 2.33. The lowest BCUT2D eigenvalue weighted by molar-refractivity contribution is -0.138. The van der Waals surface area contributed by atoms with Gasteiger partial charge in [-0.15, -0.1) is 0 Å². The quantitative estimate of drug-likeness (QED) is 0.336. The molecular formula is C27H30N2O6. The van der Waals surface area contributed by atoms with Crippen LogP contribution in [0.3, 0.4) is 0 Å². The molecule has 35 heavy (non-hydrogen) atoms. The summed E-state index contributed by atoms with van der Waals surface area (Å²) in [5.41, 5.74) is 0.765. The molecular weight excluding hydrogens is 448 g/mol. The van der Waals surface area contributed by atoms with Gasteiger partial charge in [0.05, 0.1) is 24.9 Å². The predicted molar refractivity (Wildman–Crippen MR) is 131 cm³/mol. The van der Waals surface area contributed by atoms with E-state index >= 15 is 0 Å². The molecule has 8 nitrogen and oxygen atoms in total. The van der Waals surface area contributed by atoms with Crippen LogP contribution in [0.2, 0.25) is 0 Å². The fraction of sp³-hybridized carbons (Fsp3) is 0.296. The largest absolute Gasteiger partial charge is 0.481 e. The zero-order valence-corrected chi connectivity index (χ0v) is 20.0. The van der Waals surface area contributed by atoms with Crippen LogP contribution in [0.15, 0.2) is 66.7 Å². The SMILES string of the molecule is CC(C)(C)C(NC(=O)c1ccccc1)C(=O)C=C(CC(=O)NC(C=O)CC(=O)O)c1ccccc1. The zero-order chi connectivity index (χ0) is 26.0. The topological polar surface area (TPSA) is 130 Å². The number of aliphatic carboxylic acids is 1. The average Bonchev–Trinajstić information content (AvgIpc) is 2.81. The first kappa shape index (κ1) is 27.2. The van der Waals surface area contributed by atoms with E-state index in [0.717, 1.165) is 0 Å². The third-order valence-electron chi connectivity index (χ3n) is 5.18. The number of carboxylic acid groups (broad SMARTS) is 1. The number of hydrogen-bond acceptors (Lipinski definition) is 5. The smallest absolute Gasteiger partial charge is 0.305 e. The molecule has 0 bridgehead atoms. The van der Waals surface area contributed by atoms with Crippen LogP contribution in [-0.4, -0.2) is 47.0 Å². The van der Waals surface area contributed by atoms with Gasteiger partial charge in [-0.25, -0.2) is 0 Å². The molecule has 0 radical (unpaired) electrons. The number of aldehydes is 1. The summed E-state index contributed by atoms with van der Waals surface area (Å²) in [6, 6.07) is 15.2. The van der Waals surface area contributed by atoms with Crippen LogP contribution >= 0.6 is 0 Å². The summed E-state index contributed by atoms with van der Waals surface area (Å²) in [5.74, 6) is -2.62. The highest BCUT2D eigenvalue weighted by Gasteiger charge is 2.32. The number of amides is 2. The number of carbonyl (C=O) groups is 5. The molecule has 0 fully saturated rings. The second-order valence-corrected chi connectivity index (χ2v) is 9.16. The highest BCUT2D eigenvalue weighted by Crippen LogP contribution is 2.24. The fourth-order valence-electron chi connectivity index (χ4n) is 3.41. The molecule has 0 aliphatic carbocycles. The van der Waals surface area contributed by atoms with Gasteiger partial charge >= 0.3 is 5.97 Å². The van der Waals surface area contributed by atoms with Crippen LogP contribution in [0.1, 0.15) is 49.5 Å². The molecule has 0 saturated heterocycles. The predicted octanol–water partition coefficient (Wildman–Crippen LogP) is 3.03. The molecule has 2 atom stereocenters. The highest BCUT2D eigenvalue weighted by atomic mass is 16.4. The minimum atomic E-state index is -1.22. The molecule has 0 aromatic heterocycles. The third-order valence-corrected chi connectivity index (χ3v) is 5.18. The first-order valence-electron chi connectivity index (χ1n) is 11.1. The molecule has 2 rings (SSSR count). The number of carboxylic acids is 1. The van der Waals surface area contributed by atoms with E-state index < -0.39 is 47.5 Å². The van der Waals surface area contributed by atoms with Gasteiger partial charge in [-0.2, -0.15) is 0 Å². The first-order valence-corrected chi connectivity index (χ1v) is 11.1. The van der Waals surface area contributed by atoms with Crippen LogP contribution in [0, 0.1) is 5.41 Å². The lowest BCUT2D eigenvalue weighted by atomic mass is 9.83. The molecule has 2 unspecified atom stereocenters. The van der Waals surface area contributed by atoms with Crippen molar-refractivity contribution in [2.45, 2.75) is 45.7 Å². The van der Waals surface area contributed by atoms with E-state index in [1.165, 1.54) is 6.08 Å². The molecule has 0 aliphatic rings. The molecule has 0 heterocycles. The van der Waals surface area contributed by atoms with E-state index in [-0.39, 0.29) is 6.42 Å². The van der Waals surface area contributed by atoms with Crippen molar-refractivity contribution in [2.24, 2.45) is 5.41 Å². The molecule has 2 amide bonds. The van der Waals surface area contributed by atoms with Crippen molar-refractivity contribution in [3.8, 4) is 0 Å². The van der Waals surface area contributed by atoms with Crippen molar-refractivity contribution >= 4 is 35.4 Å². The van der Waals surface area contributed by atoms with Gasteiger partial charge in [-0.1, -0.05) is 69.3 Å². The second kappa shape index (κ2) is 12.4. The monoisotopic (exact) mass is 478 g/mol. The Bertz CT molecular complexity index is 1090. The van der Waals surface area contributed by atoms with Crippen LogP contribution < -0.4 is 10.6 Å². The van der Waals surface area contributed by atoms with E-state index in [0.29, 0.717) is 23.0 Å². The van der Waals surface area contributed by atoms with Gasteiger partial charge < -0.3 is 20.5 Å². The Labute approximate surface area is 204 Å². The lowest BCUT2D eigenvalue weighted by Crippen LogP contribution is -2.48. The van der Waals surface area contributed by atoms with Gasteiger partial charge in [0.2, 0.25) is 5.91 Å². The number of carbonyl (C=O) groups excluding carboxylic acids is 4. The average molecular weight is 479 g/mol. The maximum Gasteiger partial charge on any atom is 0.305 e. The zero-order valence-electron chi connectivity index (χ0n) is 20.0. The minimum Gasteiger partial charge on any atom is -0.481 e. The molecule has 0 spiro atoms. The van der Waals surface area contributed by atoms with E-state index in [2.05, 4.69) is 10.6 Å². The van der Waals surface area contributed by atoms with Crippen LogP contribution in [0.25, 0.3) is 5.57 Å². The fourth-order valence-corrected chi connectivity index (χ4v) is 3.41. The van der Waals surface area contributed by atoms with Crippen molar-refractivity contribution in [1.82, 2.24) is 10.6 Å². The summed E-state index contributed by atoms with van der Waals surface area (Å²) in [5, 5.41) is 14.1. The van der Waals surface area contributed by atoms with Crippen LogP contribution in [-0.2, 0) is 19.2 Å². The Morgan fingerprint density at radius 2 is 1.43 bits per heavy atom. The number of benzene rings is 2. The summed E-state index contributed by atoms with van der Waals surface area (Å²) in [6.45, 7) is 5.47. The molecule has 8 heteroatoms. The van der Waals surface area contributed by atoms with Gasteiger partial charge in [-0.3, -0.25) is 19.2 Å². The Morgan fingerprint density at radius 1 is 0.886 bits per heavy atom. The van der Waals surface area contributed by atoms with Crippen molar-refractivity contribution < 1.29 is 29.1 Å². The van der Waals surface area contributed by atoms with Gasteiger partial charge in [0.1, 0.15) is 6.29 Å². The molecule has 2 aromatic rings. The number of nitrogens with one attached hydrogen (secondary N) is 2. The molecule has 0 aliphatic heterocycles. The van der Waals surface area contributed by atoms with Gasteiger partial charge in [0.15, 0.2) is 5.78 Å². The Hall–Kier alpha value is -4.07. The molecule has 184 valence electrons.